The van der Waals surface area contributed by atoms with Gasteiger partial charge < -0.3 is 4.74 Å². The molecule has 3 aromatic rings. The maximum absolute atomic E-state index is 13.2. The number of halogens is 7. The fourth-order valence-electron chi connectivity index (χ4n) is 4.33. The van der Waals surface area contributed by atoms with Crippen molar-refractivity contribution in [1.29, 1.82) is 0 Å². The average molecular weight is 553 g/mol. The van der Waals surface area contributed by atoms with Crippen molar-refractivity contribution < 1.29 is 31.1 Å². The number of piperidine rings is 1. The summed E-state index contributed by atoms with van der Waals surface area (Å²) in [5.41, 5.74) is -1.98. The van der Waals surface area contributed by atoms with Crippen molar-refractivity contribution in [1.82, 2.24) is 20.1 Å². The summed E-state index contributed by atoms with van der Waals surface area (Å²) in [4.78, 5) is 6.33. The summed E-state index contributed by atoms with van der Waals surface area (Å²) in [6.07, 6.45) is -8.95. The van der Waals surface area contributed by atoms with Crippen LogP contribution in [0.25, 0.3) is 0 Å². The SMILES string of the molecule is Cl.FC(F)(F)c1cc(CO[C@H]2CCCN(Cc3nc(=S)[nH][nH]3)[C@H]2c2ccccc2)cc(C(F)(F)F)c1. The van der Waals surface area contributed by atoms with Crippen molar-refractivity contribution in [3.05, 3.63) is 81.4 Å². The predicted molar refractivity (Wildman–Crippen MR) is 125 cm³/mol. The summed E-state index contributed by atoms with van der Waals surface area (Å²) < 4.78 is 85.8. The Labute approximate surface area is 214 Å². The number of rotatable bonds is 6. The van der Waals surface area contributed by atoms with E-state index < -0.39 is 29.6 Å². The summed E-state index contributed by atoms with van der Waals surface area (Å²) in [6, 6.07) is 10.7. The molecular formula is C23H23ClF6N4OS. The molecule has 0 saturated carbocycles. The highest BCUT2D eigenvalue weighted by Crippen LogP contribution is 2.38. The van der Waals surface area contributed by atoms with Gasteiger partial charge in [-0.3, -0.25) is 15.1 Å². The van der Waals surface area contributed by atoms with Gasteiger partial charge in [0.2, 0.25) is 4.77 Å². The zero-order valence-electron chi connectivity index (χ0n) is 18.7. The first-order valence-corrected chi connectivity index (χ1v) is 11.2. The van der Waals surface area contributed by atoms with Crippen LogP contribution in [0.2, 0.25) is 0 Å². The van der Waals surface area contributed by atoms with E-state index in [-0.39, 0.29) is 36.7 Å². The second-order valence-electron chi connectivity index (χ2n) is 8.35. The number of hydrogen-bond donors (Lipinski definition) is 2. The lowest BCUT2D eigenvalue weighted by Crippen LogP contribution is -2.42. The second kappa shape index (κ2) is 11.3. The molecule has 0 bridgehead atoms. The van der Waals surface area contributed by atoms with Crippen LogP contribution < -0.4 is 0 Å². The number of H-pyrrole nitrogens is 2. The molecule has 36 heavy (non-hydrogen) atoms. The molecule has 1 saturated heterocycles. The molecule has 2 N–H and O–H groups in total. The third kappa shape index (κ3) is 6.87. The molecule has 5 nitrogen and oxygen atoms in total. The third-order valence-electron chi connectivity index (χ3n) is 5.84. The van der Waals surface area contributed by atoms with E-state index in [2.05, 4.69) is 20.1 Å². The Morgan fingerprint density at radius 3 is 2.17 bits per heavy atom. The Balaban J connectivity index is 0.00000361. The summed E-state index contributed by atoms with van der Waals surface area (Å²) in [6.45, 7) is 0.725. The molecule has 1 fully saturated rings. The molecule has 1 aliphatic heterocycles. The van der Waals surface area contributed by atoms with Crippen molar-refractivity contribution in [3.63, 3.8) is 0 Å². The van der Waals surface area contributed by atoms with E-state index in [0.29, 0.717) is 42.2 Å². The van der Waals surface area contributed by atoms with Crippen molar-refractivity contribution >= 4 is 24.6 Å². The first-order valence-electron chi connectivity index (χ1n) is 10.8. The normalized spacial score (nSPS) is 19.2. The topological polar surface area (TPSA) is 56.9 Å². The lowest BCUT2D eigenvalue weighted by atomic mass is 9.92. The third-order valence-corrected chi connectivity index (χ3v) is 6.03. The van der Waals surface area contributed by atoms with Crippen LogP contribution in [0, 0.1) is 4.77 Å². The monoisotopic (exact) mass is 552 g/mol. The molecule has 0 unspecified atom stereocenters. The zero-order valence-corrected chi connectivity index (χ0v) is 20.3. The van der Waals surface area contributed by atoms with Crippen LogP contribution in [0.5, 0.6) is 0 Å². The van der Waals surface area contributed by atoms with E-state index in [1.165, 1.54) is 0 Å². The average Bonchev–Trinajstić information content (AvgIpc) is 3.21. The molecule has 0 spiro atoms. The second-order valence-corrected chi connectivity index (χ2v) is 8.73. The first kappa shape index (κ1) is 28.2. The maximum atomic E-state index is 13.2. The molecule has 2 atom stereocenters. The van der Waals surface area contributed by atoms with E-state index in [1.807, 2.05) is 30.3 Å². The van der Waals surface area contributed by atoms with Gasteiger partial charge >= 0.3 is 12.4 Å². The van der Waals surface area contributed by atoms with Crippen LogP contribution in [0.4, 0.5) is 26.3 Å². The maximum Gasteiger partial charge on any atom is 0.416 e. The number of alkyl halides is 6. The number of benzene rings is 2. The molecular weight excluding hydrogens is 530 g/mol. The standard InChI is InChI=1S/C23H22F6N4OS.ClH/c24-22(25,26)16-9-14(10-17(11-16)23(27,28)29)13-34-18-7-4-8-33(12-19-30-21(35)32-31-19)20(18)15-5-2-1-3-6-15;/h1-3,5-6,9-11,18,20H,4,7-8,12-13H2,(H2,30,31,32,35);1H/t18-,20-;/m0./s1. The molecule has 2 aromatic carbocycles. The largest absolute Gasteiger partial charge is 0.416 e. The highest BCUT2D eigenvalue weighted by atomic mass is 35.5. The first-order chi connectivity index (χ1) is 16.5. The van der Waals surface area contributed by atoms with Gasteiger partial charge in [-0.2, -0.15) is 26.3 Å². The van der Waals surface area contributed by atoms with Crippen molar-refractivity contribution in [2.24, 2.45) is 0 Å². The Bertz CT molecular complexity index is 1170. The summed E-state index contributed by atoms with van der Waals surface area (Å²) in [5, 5.41) is 5.64. The minimum Gasteiger partial charge on any atom is -0.372 e. The number of ether oxygens (including phenoxy) is 1. The fourth-order valence-corrected chi connectivity index (χ4v) is 4.49. The Morgan fingerprint density at radius 1 is 0.972 bits per heavy atom. The number of aromatic nitrogens is 3. The minimum atomic E-state index is -4.91. The Hall–Kier alpha value is -2.41. The minimum absolute atomic E-state index is 0. The van der Waals surface area contributed by atoms with Gasteiger partial charge in [0.25, 0.3) is 0 Å². The van der Waals surface area contributed by atoms with Crippen LogP contribution in [-0.2, 0) is 30.2 Å². The number of likely N-dealkylation sites (tertiary alicyclic amines) is 1. The molecule has 0 amide bonds. The Morgan fingerprint density at radius 2 is 1.61 bits per heavy atom. The molecule has 4 rings (SSSR count). The van der Waals surface area contributed by atoms with Gasteiger partial charge in [-0.15, -0.1) is 12.4 Å². The van der Waals surface area contributed by atoms with Gasteiger partial charge in [0.05, 0.1) is 36.4 Å². The lowest BCUT2D eigenvalue weighted by molar-refractivity contribution is -0.143. The van der Waals surface area contributed by atoms with Gasteiger partial charge in [-0.1, -0.05) is 30.3 Å². The molecule has 0 aliphatic carbocycles. The van der Waals surface area contributed by atoms with Crippen LogP contribution >= 0.6 is 24.6 Å². The van der Waals surface area contributed by atoms with Crippen LogP contribution in [0.15, 0.2) is 48.5 Å². The molecule has 1 aliphatic rings. The van der Waals surface area contributed by atoms with Gasteiger partial charge in [0.15, 0.2) is 0 Å². The van der Waals surface area contributed by atoms with Crippen LogP contribution in [-0.4, -0.2) is 32.7 Å². The van der Waals surface area contributed by atoms with Gasteiger partial charge in [-0.05, 0) is 60.9 Å². The summed E-state index contributed by atoms with van der Waals surface area (Å²) in [5.74, 6) is 0.615. The quantitative estimate of drug-likeness (QED) is 0.259. The lowest BCUT2D eigenvalue weighted by Gasteiger charge is -2.41. The van der Waals surface area contributed by atoms with E-state index in [0.717, 1.165) is 12.0 Å². The van der Waals surface area contributed by atoms with Crippen molar-refractivity contribution in [2.75, 3.05) is 6.54 Å². The smallest absolute Gasteiger partial charge is 0.372 e. The molecule has 13 heteroatoms. The predicted octanol–water partition coefficient (Wildman–Crippen LogP) is 6.85. The fraction of sp³-hybridized carbons (Fsp3) is 0.391. The van der Waals surface area contributed by atoms with Crippen LogP contribution in [0.1, 0.15) is 47.0 Å². The number of aromatic amines is 2. The summed E-state index contributed by atoms with van der Waals surface area (Å²) >= 11 is 5.01. The summed E-state index contributed by atoms with van der Waals surface area (Å²) in [7, 11) is 0. The van der Waals surface area contributed by atoms with Gasteiger partial charge in [-0.25, -0.2) is 4.98 Å². The van der Waals surface area contributed by atoms with Crippen molar-refractivity contribution in [3.8, 4) is 0 Å². The van der Waals surface area contributed by atoms with E-state index in [1.54, 1.807) is 0 Å². The molecule has 2 heterocycles. The highest BCUT2D eigenvalue weighted by Gasteiger charge is 2.38. The van der Waals surface area contributed by atoms with E-state index in [4.69, 9.17) is 17.0 Å². The number of nitrogens with one attached hydrogen (secondary N) is 2. The van der Waals surface area contributed by atoms with Gasteiger partial charge in [0.1, 0.15) is 5.82 Å². The zero-order chi connectivity index (χ0) is 25.2. The van der Waals surface area contributed by atoms with E-state index in [9.17, 15) is 26.3 Å². The number of nitrogens with zero attached hydrogens (tertiary/aromatic N) is 2. The van der Waals surface area contributed by atoms with E-state index >= 15 is 0 Å². The molecule has 0 radical (unpaired) electrons. The van der Waals surface area contributed by atoms with Crippen molar-refractivity contribution in [2.45, 2.75) is 50.5 Å². The molecule has 1 aromatic heterocycles. The Kier molecular flexibility index (Phi) is 8.86. The highest BCUT2D eigenvalue weighted by molar-refractivity contribution is 7.71. The number of hydrogen-bond acceptors (Lipinski definition) is 4. The van der Waals surface area contributed by atoms with Crippen LogP contribution in [0.3, 0.4) is 0 Å². The van der Waals surface area contributed by atoms with Gasteiger partial charge in [0, 0.05) is 0 Å². The molecule has 196 valence electrons.